The molecule has 0 aromatic heterocycles. The van der Waals surface area contributed by atoms with Gasteiger partial charge < -0.3 is 20.7 Å². The predicted octanol–water partition coefficient (Wildman–Crippen LogP) is 3.07. The molecule has 0 bridgehead atoms. The quantitative estimate of drug-likeness (QED) is 0.730. The largest absolute Gasteiger partial charge is 0.493 e. The second-order valence-electron chi connectivity index (χ2n) is 9.20. The molecular formula is C24H32N4O. The van der Waals surface area contributed by atoms with Gasteiger partial charge in [-0.3, -0.25) is 4.90 Å². The summed E-state index contributed by atoms with van der Waals surface area (Å²) in [4.78, 5) is 2.54. The highest BCUT2D eigenvalue weighted by atomic mass is 16.5. The van der Waals surface area contributed by atoms with Crippen LogP contribution in [0.3, 0.4) is 0 Å². The van der Waals surface area contributed by atoms with Gasteiger partial charge in [-0.25, -0.2) is 0 Å². The number of benzene rings is 2. The van der Waals surface area contributed by atoms with Crippen molar-refractivity contribution in [1.82, 2.24) is 15.5 Å². The summed E-state index contributed by atoms with van der Waals surface area (Å²) < 4.78 is 6.05. The van der Waals surface area contributed by atoms with Crippen LogP contribution in [-0.2, 0) is 12.0 Å². The Hall–Kier alpha value is -2.08. The van der Waals surface area contributed by atoms with E-state index in [1.807, 2.05) is 0 Å². The molecule has 3 N–H and O–H groups in total. The van der Waals surface area contributed by atoms with Crippen LogP contribution < -0.4 is 20.7 Å². The van der Waals surface area contributed by atoms with Crippen molar-refractivity contribution in [1.29, 1.82) is 0 Å². The Labute approximate surface area is 173 Å². The van der Waals surface area contributed by atoms with Gasteiger partial charge in [0.05, 0.1) is 6.61 Å². The lowest BCUT2D eigenvalue weighted by Crippen LogP contribution is -2.45. The van der Waals surface area contributed by atoms with Crippen molar-refractivity contribution in [2.45, 2.75) is 25.8 Å². The van der Waals surface area contributed by atoms with Gasteiger partial charge in [0.15, 0.2) is 0 Å². The molecule has 154 valence electrons. The Balaban J connectivity index is 1.37. The molecule has 5 rings (SSSR count). The minimum Gasteiger partial charge on any atom is -0.493 e. The molecule has 29 heavy (non-hydrogen) atoms. The van der Waals surface area contributed by atoms with Gasteiger partial charge in [0, 0.05) is 74.6 Å². The van der Waals surface area contributed by atoms with Gasteiger partial charge >= 0.3 is 0 Å². The van der Waals surface area contributed by atoms with E-state index in [9.17, 15) is 0 Å². The minimum absolute atomic E-state index is 0.0359. The molecule has 0 spiro atoms. The second kappa shape index (κ2) is 7.63. The van der Waals surface area contributed by atoms with Crippen molar-refractivity contribution >= 4 is 11.4 Å². The van der Waals surface area contributed by atoms with Gasteiger partial charge in [0.1, 0.15) is 5.75 Å². The smallest absolute Gasteiger partial charge is 0.121 e. The summed E-state index contributed by atoms with van der Waals surface area (Å²) >= 11 is 0. The van der Waals surface area contributed by atoms with Crippen molar-refractivity contribution in [2.24, 2.45) is 5.92 Å². The zero-order valence-corrected chi connectivity index (χ0v) is 17.6. The molecule has 0 saturated carbocycles. The fraction of sp³-hybridized carbons (Fsp3) is 0.500. The SMILES string of the molecule is CC1(C)c2ccc(OCC3CNC3)cc2Nc2ccc(CN3CCNCC3)cc21. The maximum absolute atomic E-state index is 6.05. The monoisotopic (exact) mass is 392 g/mol. The Kier molecular flexibility index (Phi) is 4.98. The summed E-state index contributed by atoms with van der Waals surface area (Å²) in [6.07, 6.45) is 0. The van der Waals surface area contributed by atoms with E-state index in [4.69, 9.17) is 4.74 Å². The molecular weight excluding hydrogens is 360 g/mol. The molecule has 3 aliphatic rings. The van der Waals surface area contributed by atoms with Crippen LogP contribution in [-0.4, -0.2) is 50.8 Å². The lowest BCUT2D eigenvalue weighted by molar-refractivity contribution is 0.199. The normalized spacial score (nSPS) is 20.9. The van der Waals surface area contributed by atoms with E-state index in [0.29, 0.717) is 5.92 Å². The topological polar surface area (TPSA) is 48.6 Å². The molecule has 2 aromatic carbocycles. The third-order valence-corrected chi connectivity index (χ3v) is 6.66. The third-order valence-electron chi connectivity index (χ3n) is 6.66. The predicted molar refractivity (Wildman–Crippen MR) is 118 cm³/mol. The zero-order valence-electron chi connectivity index (χ0n) is 17.6. The molecule has 0 atom stereocenters. The molecule has 5 heteroatoms. The second-order valence-corrected chi connectivity index (χ2v) is 9.20. The number of fused-ring (bicyclic) bond motifs is 2. The fourth-order valence-electron chi connectivity index (χ4n) is 4.68. The van der Waals surface area contributed by atoms with Crippen LogP contribution in [0.2, 0.25) is 0 Å². The first kappa shape index (κ1) is 18.9. The number of hydrogen-bond acceptors (Lipinski definition) is 5. The number of ether oxygens (including phenoxy) is 1. The van der Waals surface area contributed by atoms with E-state index in [1.54, 1.807) is 0 Å². The van der Waals surface area contributed by atoms with Crippen LogP contribution in [0, 0.1) is 5.92 Å². The van der Waals surface area contributed by atoms with Crippen LogP contribution in [0.1, 0.15) is 30.5 Å². The first-order valence-electron chi connectivity index (χ1n) is 10.9. The highest BCUT2D eigenvalue weighted by Crippen LogP contribution is 2.46. The van der Waals surface area contributed by atoms with Crippen molar-refractivity contribution in [3.05, 3.63) is 53.1 Å². The molecule has 0 aliphatic carbocycles. The molecule has 0 unspecified atom stereocenters. The molecule has 2 fully saturated rings. The van der Waals surface area contributed by atoms with Crippen LogP contribution in [0.15, 0.2) is 36.4 Å². The highest BCUT2D eigenvalue weighted by Gasteiger charge is 2.33. The summed E-state index contributed by atoms with van der Waals surface area (Å²) in [5.41, 5.74) is 6.46. The fourth-order valence-corrected chi connectivity index (χ4v) is 4.68. The molecule has 0 amide bonds. The lowest BCUT2D eigenvalue weighted by Gasteiger charge is -2.37. The van der Waals surface area contributed by atoms with Crippen LogP contribution in [0.5, 0.6) is 5.75 Å². The number of anilines is 2. The van der Waals surface area contributed by atoms with E-state index < -0.39 is 0 Å². The maximum atomic E-state index is 6.05. The summed E-state index contributed by atoms with van der Waals surface area (Å²) in [6, 6.07) is 13.5. The standard InChI is InChI=1S/C24H32N4O/c1-24(2)20-5-4-19(29-16-18-13-26-14-18)12-23(20)27-22-6-3-17(11-21(22)24)15-28-9-7-25-8-10-28/h3-6,11-12,18,25-27H,7-10,13-16H2,1-2H3. The Morgan fingerprint density at radius 1 is 0.966 bits per heavy atom. The molecule has 2 saturated heterocycles. The van der Waals surface area contributed by atoms with Crippen molar-refractivity contribution in [3.63, 3.8) is 0 Å². The van der Waals surface area contributed by atoms with Gasteiger partial charge in [-0.2, -0.15) is 0 Å². The summed E-state index contributed by atoms with van der Waals surface area (Å²) in [7, 11) is 0. The lowest BCUT2D eigenvalue weighted by atomic mass is 9.74. The van der Waals surface area contributed by atoms with Gasteiger partial charge in [-0.05, 0) is 28.8 Å². The minimum atomic E-state index is -0.0359. The van der Waals surface area contributed by atoms with Gasteiger partial charge in [-0.15, -0.1) is 0 Å². The zero-order chi connectivity index (χ0) is 19.8. The summed E-state index contributed by atoms with van der Waals surface area (Å²) in [5, 5.41) is 10.4. The molecule has 2 aromatic rings. The Morgan fingerprint density at radius 2 is 1.79 bits per heavy atom. The maximum Gasteiger partial charge on any atom is 0.121 e. The average molecular weight is 393 g/mol. The van der Waals surface area contributed by atoms with E-state index >= 15 is 0 Å². The molecule has 3 heterocycles. The number of rotatable bonds is 5. The summed E-state index contributed by atoms with van der Waals surface area (Å²) in [6.45, 7) is 13.1. The number of hydrogen-bond donors (Lipinski definition) is 3. The van der Waals surface area contributed by atoms with Crippen molar-refractivity contribution in [3.8, 4) is 5.75 Å². The first-order chi connectivity index (χ1) is 14.1. The Morgan fingerprint density at radius 3 is 2.55 bits per heavy atom. The number of nitrogens with one attached hydrogen (secondary N) is 3. The van der Waals surface area contributed by atoms with Gasteiger partial charge in [0.2, 0.25) is 0 Å². The van der Waals surface area contributed by atoms with Gasteiger partial charge in [-0.1, -0.05) is 32.0 Å². The molecule has 3 aliphatic heterocycles. The molecule has 5 nitrogen and oxygen atoms in total. The van der Waals surface area contributed by atoms with E-state index in [1.165, 1.54) is 28.1 Å². The van der Waals surface area contributed by atoms with Crippen molar-refractivity contribution < 1.29 is 4.74 Å². The van der Waals surface area contributed by atoms with Crippen LogP contribution in [0.25, 0.3) is 0 Å². The van der Waals surface area contributed by atoms with Gasteiger partial charge in [0.25, 0.3) is 0 Å². The average Bonchev–Trinajstić information content (AvgIpc) is 2.68. The highest BCUT2D eigenvalue weighted by molar-refractivity contribution is 5.76. The molecule has 0 radical (unpaired) electrons. The number of nitrogens with zero attached hydrogens (tertiary/aromatic N) is 1. The van der Waals surface area contributed by atoms with Crippen molar-refractivity contribution in [2.75, 3.05) is 51.2 Å². The third kappa shape index (κ3) is 3.75. The first-order valence-corrected chi connectivity index (χ1v) is 10.9. The number of piperazine rings is 1. The van der Waals surface area contributed by atoms with E-state index in [-0.39, 0.29) is 5.41 Å². The summed E-state index contributed by atoms with van der Waals surface area (Å²) in [5.74, 6) is 1.60. The van der Waals surface area contributed by atoms with E-state index in [0.717, 1.165) is 58.2 Å². The van der Waals surface area contributed by atoms with Crippen LogP contribution in [0.4, 0.5) is 11.4 Å². The Bertz CT molecular complexity index is 884. The van der Waals surface area contributed by atoms with E-state index in [2.05, 4.69) is 71.1 Å². The van der Waals surface area contributed by atoms with Crippen LogP contribution >= 0.6 is 0 Å².